The van der Waals surface area contributed by atoms with E-state index in [-0.39, 0.29) is 17.1 Å². The smallest absolute Gasteiger partial charge is 0.213 e. The average molecular weight is 364 g/mol. The van der Waals surface area contributed by atoms with Crippen molar-refractivity contribution in [3.05, 3.63) is 53.8 Å². The normalized spacial score (nSPS) is 26.7. The third-order valence-corrected chi connectivity index (χ3v) is 6.18. The lowest BCUT2D eigenvalue weighted by molar-refractivity contribution is 0.270. The number of ether oxygens (including phenoxy) is 1. The minimum absolute atomic E-state index is 0.108. The predicted octanol–water partition coefficient (Wildman–Crippen LogP) is 4.22. The molecule has 2 aliphatic heterocycles. The van der Waals surface area contributed by atoms with Gasteiger partial charge in [-0.2, -0.15) is 0 Å². The molecule has 3 aromatic rings. The molecule has 1 saturated heterocycles. The number of thiazole rings is 1. The van der Waals surface area contributed by atoms with Gasteiger partial charge in [0, 0.05) is 6.20 Å². The molecule has 0 spiro atoms. The summed E-state index contributed by atoms with van der Waals surface area (Å²) in [5, 5.41) is 1.09. The highest BCUT2D eigenvalue weighted by Gasteiger charge is 2.67. The standard InChI is InChI=1S/C20H20N4OS/c1-19(2)12-25-18(23-19)20(3)16(24(20)13-7-6-10-21-11-13)17-22-14-8-4-5-9-15(14)26-17/h4-11,16H,12H2,1-3H3/t16-,20-,24?/m0/s1. The molecule has 1 aromatic carbocycles. The third-order valence-electron chi connectivity index (χ3n) is 5.09. The summed E-state index contributed by atoms with van der Waals surface area (Å²) < 4.78 is 7.24. The topological polar surface area (TPSA) is 50.4 Å². The van der Waals surface area contributed by atoms with Crippen molar-refractivity contribution in [3.63, 3.8) is 0 Å². The van der Waals surface area contributed by atoms with Gasteiger partial charge in [-0.15, -0.1) is 11.3 Å². The molecule has 0 unspecified atom stereocenters. The van der Waals surface area contributed by atoms with E-state index < -0.39 is 0 Å². The maximum Gasteiger partial charge on any atom is 0.213 e. The number of hydrogen-bond donors (Lipinski definition) is 0. The van der Waals surface area contributed by atoms with Gasteiger partial charge in [-0.1, -0.05) is 12.1 Å². The highest BCUT2D eigenvalue weighted by atomic mass is 32.1. The van der Waals surface area contributed by atoms with Crippen LogP contribution in [0.4, 0.5) is 5.69 Å². The summed E-state index contributed by atoms with van der Waals surface area (Å²) in [6, 6.07) is 12.4. The number of anilines is 1. The van der Waals surface area contributed by atoms with Crippen molar-refractivity contribution in [3.8, 4) is 0 Å². The maximum absolute atomic E-state index is 6.04. The first-order valence-corrected chi connectivity index (χ1v) is 9.59. The molecular formula is C20H20N4OS. The fourth-order valence-corrected chi connectivity index (χ4v) is 4.90. The van der Waals surface area contributed by atoms with Crippen molar-refractivity contribution in [1.29, 1.82) is 0 Å². The van der Waals surface area contributed by atoms with E-state index in [1.54, 1.807) is 17.5 Å². The van der Waals surface area contributed by atoms with E-state index in [1.165, 1.54) is 4.70 Å². The molecule has 0 aliphatic carbocycles. The number of rotatable bonds is 3. The summed E-state index contributed by atoms with van der Waals surface area (Å²) in [4.78, 5) is 16.4. The molecule has 26 heavy (non-hydrogen) atoms. The van der Waals surface area contributed by atoms with E-state index in [1.807, 2.05) is 18.3 Å². The van der Waals surface area contributed by atoms with Gasteiger partial charge in [0.2, 0.25) is 5.90 Å². The summed E-state index contributed by atoms with van der Waals surface area (Å²) in [5.41, 5.74) is 1.60. The van der Waals surface area contributed by atoms with Crippen LogP contribution in [-0.2, 0) is 4.74 Å². The Balaban J connectivity index is 1.62. The number of hydrogen-bond acceptors (Lipinski definition) is 6. The largest absolute Gasteiger partial charge is 0.477 e. The van der Waals surface area contributed by atoms with E-state index >= 15 is 0 Å². The summed E-state index contributed by atoms with van der Waals surface area (Å²) >= 11 is 1.74. The SMILES string of the molecule is CC1(C)COC([C@]2(C)[C@H](c3nc4ccccc4s3)N2c2cccnc2)=N1. The van der Waals surface area contributed by atoms with Crippen LogP contribution in [0, 0.1) is 0 Å². The molecule has 6 heteroatoms. The van der Waals surface area contributed by atoms with Gasteiger partial charge in [0.1, 0.15) is 23.2 Å². The fourth-order valence-electron chi connectivity index (χ4n) is 3.72. The lowest BCUT2D eigenvalue weighted by Gasteiger charge is -2.12. The number of pyridine rings is 1. The summed E-state index contributed by atoms with van der Waals surface area (Å²) in [5.74, 6) is 0.801. The van der Waals surface area contributed by atoms with Crippen LogP contribution in [0.2, 0.25) is 0 Å². The molecule has 5 rings (SSSR count). The fraction of sp³-hybridized carbons (Fsp3) is 0.350. The zero-order valence-electron chi connectivity index (χ0n) is 15.0. The van der Waals surface area contributed by atoms with Crippen LogP contribution in [-0.4, -0.2) is 33.6 Å². The summed E-state index contributed by atoms with van der Waals surface area (Å²) in [6.45, 7) is 7.02. The van der Waals surface area contributed by atoms with E-state index in [2.05, 4.69) is 54.9 Å². The Morgan fingerprint density at radius 3 is 2.69 bits per heavy atom. The molecule has 2 atom stereocenters. The Kier molecular flexibility index (Phi) is 3.19. The molecule has 5 nitrogen and oxygen atoms in total. The number of aromatic nitrogens is 2. The van der Waals surface area contributed by atoms with Gasteiger partial charge in [-0.3, -0.25) is 4.98 Å². The molecule has 2 aliphatic rings. The maximum atomic E-state index is 6.04. The van der Waals surface area contributed by atoms with Gasteiger partial charge < -0.3 is 9.64 Å². The second-order valence-electron chi connectivity index (χ2n) is 7.67. The van der Waals surface area contributed by atoms with E-state index in [0.29, 0.717) is 6.61 Å². The van der Waals surface area contributed by atoms with Crippen molar-refractivity contribution in [2.75, 3.05) is 11.5 Å². The number of para-hydroxylation sites is 1. The van der Waals surface area contributed by atoms with E-state index in [9.17, 15) is 0 Å². The Bertz CT molecular complexity index is 980. The first kappa shape index (κ1) is 15.8. The quantitative estimate of drug-likeness (QED) is 0.653. The molecule has 1 fully saturated rings. The zero-order valence-corrected chi connectivity index (χ0v) is 15.8. The van der Waals surface area contributed by atoms with Crippen molar-refractivity contribution < 1.29 is 4.74 Å². The average Bonchev–Trinajstić information content (AvgIpc) is 2.94. The van der Waals surface area contributed by atoms with Gasteiger partial charge >= 0.3 is 0 Å². The number of fused-ring (bicyclic) bond motifs is 1. The molecular weight excluding hydrogens is 344 g/mol. The first-order chi connectivity index (χ1) is 12.5. The van der Waals surface area contributed by atoms with Crippen LogP contribution in [0.1, 0.15) is 31.8 Å². The minimum atomic E-state index is -0.329. The van der Waals surface area contributed by atoms with Gasteiger partial charge in [-0.25, -0.2) is 9.98 Å². The third kappa shape index (κ3) is 2.25. The second-order valence-corrected chi connectivity index (χ2v) is 8.73. The molecule has 132 valence electrons. The highest BCUT2D eigenvalue weighted by Crippen LogP contribution is 2.58. The number of nitrogens with zero attached hydrogens (tertiary/aromatic N) is 4. The lowest BCUT2D eigenvalue weighted by Crippen LogP contribution is -2.26. The molecule has 0 N–H and O–H groups in total. The first-order valence-electron chi connectivity index (χ1n) is 8.77. The monoisotopic (exact) mass is 364 g/mol. The minimum Gasteiger partial charge on any atom is -0.477 e. The van der Waals surface area contributed by atoms with E-state index in [0.717, 1.165) is 22.1 Å². The zero-order chi connectivity index (χ0) is 17.9. The molecule has 0 radical (unpaired) electrons. The Morgan fingerprint density at radius 2 is 2.00 bits per heavy atom. The van der Waals surface area contributed by atoms with Crippen LogP contribution in [0.15, 0.2) is 53.8 Å². The Labute approximate surface area is 156 Å². The van der Waals surface area contributed by atoms with Crippen LogP contribution >= 0.6 is 11.3 Å². The number of aliphatic imine (C=N–C) groups is 1. The van der Waals surface area contributed by atoms with E-state index in [4.69, 9.17) is 14.7 Å². The molecule has 0 amide bonds. The summed E-state index contributed by atoms with van der Waals surface area (Å²) in [7, 11) is 0. The molecule has 0 saturated carbocycles. The van der Waals surface area contributed by atoms with Gasteiger partial charge in [-0.05, 0) is 45.0 Å². The lowest BCUT2D eigenvalue weighted by atomic mass is 10.1. The van der Waals surface area contributed by atoms with Crippen LogP contribution in [0.3, 0.4) is 0 Å². The summed E-state index contributed by atoms with van der Waals surface area (Å²) in [6.07, 6.45) is 3.69. The van der Waals surface area contributed by atoms with Crippen molar-refractivity contribution >= 4 is 33.1 Å². The predicted molar refractivity (Wildman–Crippen MR) is 105 cm³/mol. The van der Waals surface area contributed by atoms with Crippen LogP contribution in [0.25, 0.3) is 10.2 Å². The van der Waals surface area contributed by atoms with Gasteiger partial charge in [0.25, 0.3) is 0 Å². The number of benzene rings is 1. The van der Waals surface area contributed by atoms with Gasteiger partial charge in [0.05, 0.1) is 27.6 Å². The molecule has 2 aromatic heterocycles. The van der Waals surface area contributed by atoms with Crippen LogP contribution < -0.4 is 4.90 Å². The molecule has 4 heterocycles. The van der Waals surface area contributed by atoms with Crippen molar-refractivity contribution in [1.82, 2.24) is 9.97 Å². The highest BCUT2D eigenvalue weighted by molar-refractivity contribution is 7.18. The second kappa shape index (κ2) is 5.27. The van der Waals surface area contributed by atoms with Gasteiger partial charge in [0.15, 0.2) is 0 Å². The van der Waals surface area contributed by atoms with Crippen molar-refractivity contribution in [2.24, 2.45) is 4.99 Å². The Morgan fingerprint density at radius 1 is 1.15 bits per heavy atom. The molecule has 0 bridgehead atoms. The van der Waals surface area contributed by atoms with Crippen molar-refractivity contribution in [2.45, 2.75) is 37.9 Å². The Hall–Kier alpha value is -2.47. The van der Waals surface area contributed by atoms with Crippen LogP contribution in [0.5, 0.6) is 0 Å².